The quantitative estimate of drug-likeness (QED) is 0.357. The van der Waals surface area contributed by atoms with Crippen molar-refractivity contribution >= 4 is 10.9 Å². The minimum atomic E-state index is 1.16. The van der Waals surface area contributed by atoms with Crippen LogP contribution in [0.4, 0.5) is 0 Å². The van der Waals surface area contributed by atoms with Gasteiger partial charge >= 0.3 is 0 Å². The van der Waals surface area contributed by atoms with E-state index in [1.807, 2.05) is 0 Å². The van der Waals surface area contributed by atoms with Crippen LogP contribution in [0.1, 0.15) is 0 Å². The summed E-state index contributed by atoms with van der Waals surface area (Å²) in [6, 6.07) is 38.4. The zero-order valence-corrected chi connectivity index (χ0v) is 14.9. The number of rotatable bonds is 3. The topological polar surface area (TPSA) is 15.8 Å². The number of hydrogen-bond donors (Lipinski definition) is 1. The van der Waals surface area contributed by atoms with Crippen LogP contribution in [-0.4, -0.2) is 4.98 Å². The maximum absolute atomic E-state index is 3.69. The summed E-state index contributed by atoms with van der Waals surface area (Å²) in [4.78, 5) is 3.69. The third-order valence-corrected chi connectivity index (χ3v) is 5.05. The molecule has 5 rings (SSSR count). The Balaban J connectivity index is 1.83. The van der Waals surface area contributed by atoms with Crippen molar-refractivity contribution in [2.45, 2.75) is 0 Å². The molecule has 1 N–H and O–H groups in total. The summed E-state index contributed by atoms with van der Waals surface area (Å²) in [5.74, 6) is 0. The van der Waals surface area contributed by atoms with Crippen molar-refractivity contribution in [2.24, 2.45) is 0 Å². The summed E-state index contributed by atoms with van der Waals surface area (Å²) in [6.45, 7) is 0. The summed E-state index contributed by atoms with van der Waals surface area (Å²) in [5.41, 5.74) is 8.50. The molecular weight excluding hydrogens is 326 g/mol. The van der Waals surface area contributed by atoms with Gasteiger partial charge in [0.2, 0.25) is 0 Å². The molecule has 0 aliphatic carbocycles. The molecule has 1 aromatic heterocycles. The van der Waals surface area contributed by atoms with Gasteiger partial charge in [-0.1, -0.05) is 103 Å². The van der Waals surface area contributed by atoms with Crippen molar-refractivity contribution < 1.29 is 0 Å². The standard InChI is InChI=1S/C26H19N/c1-3-11-19(12-4-1)21-15-7-8-16-22(21)26-25(20-13-5-2-6-14-20)23-17-9-10-18-24(23)27-26/h1-18,27H. The van der Waals surface area contributed by atoms with Crippen molar-refractivity contribution in [3.63, 3.8) is 0 Å². The van der Waals surface area contributed by atoms with Gasteiger partial charge in [-0.2, -0.15) is 0 Å². The molecule has 1 nitrogen and oxygen atoms in total. The minimum absolute atomic E-state index is 1.16. The Kier molecular flexibility index (Phi) is 3.84. The highest BCUT2D eigenvalue weighted by Gasteiger charge is 2.17. The molecule has 0 aliphatic rings. The van der Waals surface area contributed by atoms with Crippen molar-refractivity contribution in [3.8, 4) is 33.5 Å². The van der Waals surface area contributed by atoms with E-state index in [0.29, 0.717) is 0 Å². The summed E-state index contributed by atoms with van der Waals surface area (Å²) < 4.78 is 0. The van der Waals surface area contributed by atoms with E-state index in [0.717, 1.165) is 5.52 Å². The van der Waals surface area contributed by atoms with Gasteiger partial charge in [-0.15, -0.1) is 0 Å². The third-order valence-electron chi connectivity index (χ3n) is 5.05. The molecule has 4 aromatic carbocycles. The van der Waals surface area contributed by atoms with Gasteiger partial charge in [0.15, 0.2) is 0 Å². The largest absolute Gasteiger partial charge is 0.354 e. The lowest BCUT2D eigenvalue weighted by atomic mass is 9.93. The second kappa shape index (κ2) is 6.62. The van der Waals surface area contributed by atoms with Crippen LogP contribution in [0.5, 0.6) is 0 Å². The Morgan fingerprint density at radius 2 is 1.00 bits per heavy atom. The van der Waals surface area contributed by atoms with E-state index in [9.17, 15) is 0 Å². The number of aromatic nitrogens is 1. The molecule has 0 spiro atoms. The minimum Gasteiger partial charge on any atom is -0.354 e. The normalized spacial score (nSPS) is 11.0. The molecule has 1 heteroatoms. The Morgan fingerprint density at radius 3 is 1.74 bits per heavy atom. The smallest absolute Gasteiger partial charge is 0.0550 e. The second-order valence-corrected chi connectivity index (χ2v) is 6.70. The molecule has 0 aliphatic heterocycles. The average molecular weight is 345 g/mol. The van der Waals surface area contributed by atoms with Gasteiger partial charge in [-0.05, 0) is 22.8 Å². The number of nitrogens with one attached hydrogen (secondary N) is 1. The van der Waals surface area contributed by atoms with Gasteiger partial charge in [-0.3, -0.25) is 0 Å². The Labute approximate surface area is 158 Å². The number of aromatic amines is 1. The van der Waals surface area contributed by atoms with Gasteiger partial charge in [0, 0.05) is 22.0 Å². The lowest BCUT2D eigenvalue weighted by Crippen LogP contribution is -1.87. The molecule has 0 saturated carbocycles. The van der Waals surface area contributed by atoms with Crippen LogP contribution < -0.4 is 0 Å². The fraction of sp³-hybridized carbons (Fsp3) is 0. The van der Waals surface area contributed by atoms with Crippen LogP contribution in [0.2, 0.25) is 0 Å². The van der Waals surface area contributed by atoms with Crippen LogP contribution >= 0.6 is 0 Å². The van der Waals surface area contributed by atoms with Crippen molar-refractivity contribution in [1.29, 1.82) is 0 Å². The van der Waals surface area contributed by atoms with E-state index in [2.05, 4.69) is 114 Å². The molecule has 5 aromatic rings. The van der Waals surface area contributed by atoms with Crippen LogP contribution in [0.3, 0.4) is 0 Å². The predicted octanol–water partition coefficient (Wildman–Crippen LogP) is 7.17. The maximum Gasteiger partial charge on any atom is 0.0550 e. The first-order valence-electron chi connectivity index (χ1n) is 9.23. The molecule has 0 atom stereocenters. The van der Waals surface area contributed by atoms with Gasteiger partial charge in [0.05, 0.1) is 5.69 Å². The molecule has 0 amide bonds. The molecule has 0 saturated heterocycles. The van der Waals surface area contributed by atoms with E-state index < -0.39 is 0 Å². The van der Waals surface area contributed by atoms with E-state index in [1.54, 1.807) is 0 Å². The molecule has 0 radical (unpaired) electrons. The predicted molar refractivity (Wildman–Crippen MR) is 115 cm³/mol. The van der Waals surface area contributed by atoms with Gasteiger partial charge in [0.25, 0.3) is 0 Å². The molecule has 0 fully saturated rings. The number of benzene rings is 4. The van der Waals surface area contributed by atoms with Crippen molar-refractivity contribution in [2.75, 3.05) is 0 Å². The average Bonchev–Trinajstić information content (AvgIpc) is 3.14. The first-order valence-corrected chi connectivity index (χ1v) is 9.23. The molecule has 27 heavy (non-hydrogen) atoms. The number of para-hydroxylation sites is 1. The van der Waals surface area contributed by atoms with Crippen LogP contribution in [0.15, 0.2) is 109 Å². The highest BCUT2D eigenvalue weighted by Crippen LogP contribution is 2.41. The van der Waals surface area contributed by atoms with Gasteiger partial charge < -0.3 is 4.98 Å². The zero-order chi connectivity index (χ0) is 18.1. The fourth-order valence-electron chi connectivity index (χ4n) is 3.82. The van der Waals surface area contributed by atoms with Gasteiger partial charge in [-0.25, -0.2) is 0 Å². The number of H-pyrrole nitrogens is 1. The van der Waals surface area contributed by atoms with Crippen LogP contribution in [0.25, 0.3) is 44.4 Å². The first kappa shape index (κ1) is 15.7. The summed E-state index contributed by atoms with van der Waals surface area (Å²) in [5, 5.41) is 1.25. The van der Waals surface area contributed by atoms with Crippen LogP contribution in [0, 0.1) is 0 Å². The van der Waals surface area contributed by atoms with Crippen molar-refractivity contribution in [1.82, 2.24) is 4.98 Å². The van der Waals surface area contributed by atoms with E-state index in [1.165, 1.54) is 38.9 Å². The monoisotopic (exact) mass is 345 g/mol. The summed E-state index contributed by atoms with van der Waals surface area (Å²) in [7, 11) is 0. The Morgan fingerprint density at radius 1 is 0.444 bits per heavy atom. The Bertz CT molecular complexity index is 1200. The molecule has 0 bridgehead atoms. The van der Waals surface area contributed by atoms with E-state index >= 15 is 0 Å². The zero-order valence-electron chi connectivity index (χ0n) is 14.9. The SMILES string of the molecule is c1ccc(-c2ccccc2-c2[nH]c3ccccc3c2-c2ccccc2)cc1. The van der Waals surface area contributed by atoms with E-state index in [4.69, 9.17) is 0 Å². The molecule has 1 heterocycles. The summed E-state index contributed by atoms with van der Waals surface area (Å²) in [6.07, 6.45) is 0. The van der Waals surface area contributed by atoms with Gasteiger partial charge in [0.1, 0.15) is 0 Å². The lowest BCUT2D eigenvalue weighted by molar-refractivity contribution is 1.45. The lowest BCUT2D eigenvalue weighted by Gasteiger charge is -2.11. The Hall–Kier alpha value is -3.58. The number of hydrogen-bond acceptors (Lipinski definition) is 0. The van der Waals surface area contributed by atoms with Crippen molar-refractivity contribution in [3.05, 3.63) is 109 Å². The number of fused-ring (bicyclic) bond motifs is 1. The molecular formula is C26H19N. The third kappa shape index (κ3) is 2.74. The molecule has 0 unspecified atom stereocenters. The molecule has 128 valence electrons. The van der Waals surface area contributed by atoms with Crippen LogP contribution in [-0.2, 0) is 0 Å². The summed E-state index contributed by atoms with van der Waals surface area (Å²) >= 11 is 0. The van der Waals surface area contributed by atoms with E-state index in [-0.39, 0.29) is 0 Å². The second-order valence-electron chi connectivity index (χ2n) is 6.70. The maximum atomic E-state index is 3.69. The fourth-order valence-corrected chi connectivity index (χ4v) is 3.82. The highest BCUT2D eigenvalue weighted by molar-refractivity contribution is 6.05. The highest BCUT2D eigenvalue weighted by atomic mass is 14.7. The first-order chi connectivity index (χ1) is 13.4.